The van der Waals surface area contributed by atoms with Crippen LogP contribution in [-0.2, 0) is 23.1 Å². The first-order valence-electron chi connectivity index (χ1n) is 7.69. The summed E-state index contributed by atoms with van der Waals surface area (Å²) in [6.07, 6.45) is -2.71. The molecule has 6 nitrogen and oxygen atoms in total. The van der Waals surface area contributed by atoms with Crippen molar-refractivity contribution in [3.05, 3.63) is 0 Å². The Hall–Kier alpha value is 0.194. The lowest BCUT2D eigenvalue weighted by Gasteiger charge is -2.45. The third-order valence-electron chi connectivity index (χ3n) is 3.32. The van der Waals surface area contributed by atoms with Gasteiger partial charge in [0.25, 0.3) is 0 Å². The average Bonchev–Trinajstić information content (AvgIpc) is 2.36. The second kappa shape index (κ2) is 7.84. The molecule has 22 heavy (non-hydrogen) atoms. The molecule has 0 amide bonds. The fraction of sp³-hybridized carbons (Fsp3) is 1.00. The maximum absolute atomic E-state index is 10.3. The normalized spacial score (nSPS) is 34.0. The highest BCUT2D eigenvalue weighted by Gasteiger charge is 2.48. The molecule has 1 aliphatic rings. The summed E-state index contributed by atoms with van der Waals surface area (Å²) in [5.74, 6) is 0. The zero-order valence-electron chi connectivity index (χ0n) is 15.1. The monoisotopic (exact) mass is 352 g/mol. The Morgan fingerprint density at radius 3 is 1.82 bits per heavy atom. The number of ether oxygens (including phenoxy) is 3. The van der Waals surface area contributed by atoms with E-state index in [0.29, 0.717) is 6.61 Å². The van der Waals surface area contributed by atoms with Gasteiger partial charge in [-0.1, -0.05) is 0 Å². The summed E-state index contributed by atoms with van der Waals surface area (Å²) in [5.41, 5.74) is 0. The Labute approximate surface area is 136 Å². The fourth-order valence-corrected chi connectivity index (χ4v) is 4.18. The van der Waals surface area contributed by atoms with Gasteiger partial charge in [-0.2, -0.15) is 0 Å². The van der Waals surface area contributed by atoms with E-state index in [2.05, 4.69) is 39.3 Å². The van der Waals surface area contributed by atoms with Gasteiger partial charge in [-0.05, 0) is 39.3 Å². The molecule has 1 heterocycles. The van der Waals surface area contributed by atoms with Gasteiger partial charge in [0.1, 0.15) is 24.4 Å². The third-order valence-corrected chi connectivity index (χ3v) is 5.34. The molecule has 0 radical (unpaired) electrons. The predicted molar refractivity (Wildman–Crippen MR) is 90.0 cm³/mol. The average molecular weight is 353 g/mol. The minimum Gasteiger partial charge on any atom is -0.415 e. The summed E-state index contributed by atoms with van der Waals surface area (Å²) in [6, 6.07) is 0. The van der Waals surface area contributed by atoms with Crippen molar-refractivity contribution in [3.63, 3.8) is 0 Å². The van der Waals surface area contributed by atoms with Gasteiger partial charge in [0, 0.05) is 14.2 Å². The van der Waals surface area contributed by atoms with Gasteiger partial charge < -0.3 is 28.2 Å². The minimum atomic E-state index is -1.86. The quantitative estimate of drug-likeness (QED) is 0.705. The number of hydrogen-bond donors (Lipinski definition) is 1. The van der Waals surface area contributed by atoms with Crippen LogP contribution in [0.25, 0.3) is 0 Å². The van der Waals surface area contributed by atoms with E-state index >= 15 is 0 Å². The number of hydrogen-bond acceptors (Lipinski definition) is 6. The molecule has 132 valence electrons. The molecule has 1 N–H and O–H groups in total. The molecular formula is C14H32O6Si2. The summed E-state index contributed by atoms with van der Waals surface area (Å²) in [5, 5.41) is 10.3. The second-order valence-electron chi connectivity index (χ2n) is 7.58. The molecule has 1 saturated heterocycles. The van der Waals surface area contributed by atoms with Crippen LogP contribution in [0.2, 0.25) is 39.3 Å². The van der Waals surface area contributed by atoms with Gasteiger partial charge in [-0.3, -0.25) is 0 Å². The zero-order chi connectivity index (χ0) is 17.1. The number of aliphatic hydroxyl groups is 1. The minimum absolute atomic E-state index is 0.342. The van der Waals surface area contributed by atoms with Gasteiger partial charge >= 0.3 is 0 Å². The molecule has 0 bridgehead atoms. The maximum atomic E-state index is 10.3. The van der Waals surface area contributed by atoms with Crippen molar-refractivity contribution in [1.29, 1.82) is 0 Å². The van der Waals surface area contributed by atoms with Crippen LogP contribution in [0.15, 0.2) is 0 Å². The van der Waals surface area contributed by atoms with Crippen LogP contribution in [0.3, 0.4) is 0 Å². The van der Waals surface area contributed by atoms with Gasteiger partial charge in [0.2, 0.25) is 0 Å². The van der Waals surface area contributed by atoms with E-state index in [9.17, 15) is 5.11 Å². The molecule has 0 saturated carbocycles. The van der Waals surface area contributed by atoms with E-state index in [-0.39, 0.29) is 12.2 Å². The number of methoxy groups -OCH3 is 2. The lowest BCUT2D eigenvalue weighted by molar-refractivity contribution is -0.289. The summed E-state index contributed by atoms with van der Waals surface area (Å²) < 4.78 is 28.8. The molecule has 0 aromatic rings. The van der Waals surface area contributed by atoms with E-state index in [1.54, 1.807) is 14.2 Å². The van der Waals surface area contributed by atoms with Crippen LogP contribution in [0.4, 0.5) is 0 Å². The lowest BCUT2D eigenvalue weighted by Crippen LogP contribution is -2.62. The van der Waals surface area contributed by atoms with Crippen molar-refractivity contribution < 1.29 is 28.2 Å². The van der Waals surface area contributed by atoms with Crippen LogP contribution >= 0.6 is 0 Å². The number of aliphatic hydroxyl groups excluding tert-OH is 1. The van der Waals surface area contributed by atoms with E-state index < -0.39 is 35.1 Å². The van der Waals surface area contributed by atoms with E-state index in [0.717, 1.165) is 0 Å². The van der Waals surface area contributed by atoms with Gasteiger partial charge in [-0.15, -0.1) is 0 Å². The zero-order valence-corrected chi connectivity index (χ0v) is 17.1. The summed E-state index contributed by atoms with van der Waals surface area (Å²) in [7, 11) is -0.314. The smallest absolute Gasteiger partial charge is 0.184 e. The Morgan fingerprint density at radius 2 is 1.41 bits per heavy atom. The Morgan fingerprint density at radius 1 is 0.864 bits per heavy atom. The SMILES string of the molecule is CO[C@@H]1[C@@H](O[Si](C)(C)C)[C@@H](O)O[C@H](CO[Si](C)(C)C)[C@H]1OC. The molecule has 0 unspecified atom stereocenters. The van der Waals surface area contributed by atoms with Crippen LogP contribution in [0, 0.1) is 0 Å². The Balaban J connectivity index is 2.86. The fourth-order valence-electron chi connectivity index (χ4n) is 2.45. The van der Waals surface area contributed by atoms with Crippen molar-refractivity contribution in [3.8, 4) is 0 Å². The Kier molecular flexibility index (Phi) is 7.22. The van der Waals surface area contributed by atoms with Crippen LogP contribution in [0.1, 0.15) is 0 Å². The van der Waals surface area contributed by atoms with Crippen LogP contribution in [0.5, 0.6) is 0 Å². The first-order chi connectivity index (χ1) is 9.98. The largest absolute Gasteiger partial charge is 0.415 e. The highest BCUT2D eigenvalue weighted by molar-refractivity contribution is 6.70. The standard InChI is InChI=1S/C14H32O6Si2/c1-16-11-10(9-18-21(3,4)5)19-14(15)13(12(11)17-2)20-22(6,7)8/h10-15H,9H2,1-8H3/t10-,11-,12+,13-,14+/m1/s1. The molecule has 1 fully saturated rings. The predicted octanol–water partition coefficient (Wildman–Crippen LogP) is 1.81. The third kappa shape index (κ3) is 6.01. The summed E-state index contributed by atoms with van der Waals surface area (Å²) in [4.78, 5) is 0. The summed E-state index contributed by atoms with van der Waals surface area (Å²) in [6.45, 7) is 12.9. The number of rotatable bonds is 7. The van der Waals surface area contributed by atoms with E-state index in [1.807, 2.05) is 0 Å². The van der Waals surface area contributed by atoms with Crippen LogP contribution < -0.4 is 0 Å². The van der Waals surface area contributed by atoms with Crippen molar-refractivity contribution in [2.24, 2.45) is 0 Å². The van der Waals surface area contributed by atoms with Crippen molar-refractivity contribution >= 4 is 16.6 Å². The Bertz CT molecular complexity index is 341. The molecule has 1 rings (SSSR count). The van der Waals surface area contributed by atoms with Crippen molar-refractivity contribution in [2.75, 3.05) is 20.8 Å². The van der Waals surface area contributed by atoms with Crippen LogP contribution in [-0.4, -0.2) is 73.3 Å². The molecule has 5 atom stereocenters. The maximum Gasteiger partial charge on any atom is 0.184 e. The van der Waals surface area contributed by atoms with E-state index in [1.165, 1.54) is 0 Å². The molecule has 1 aliphatic heterocycles. The van der Waals surface area contributed by atoms with Crippen molar-refractivity contribution in [2.45, 2.75) is 70.0 Å². The summed E-state index contributed by atoms with van der Waals surface area (Å²) >= 11 is 0. The molecular weight excluding hydrogens is 320 g/mol. The molecule has 0 aliphatic carbocycles. The first-order valence-corrected chi connectivity index (χ1v) is 14.5. The van der Waals surface area contributed by atoms with Gasteiger partial charge in [0.05, 0.1) is 6.61 Å². The molecule has 8 heteroatoms. The molecule has 0 spiro atoms. The van der Waals surface area contributed by atoms with E-state index in [4.69, 9.17) is 23.1 Å². The molecule has 0 aromatic carbocycles. The van der Waals surface area contributed by atoms with Crippen molar-refractivity contribution in [1.82, 2.24) is 0 Å². The highest BCUT2D eigenvalue weighted by atomic mass is 28.4. The second-order valence-corrected chi connectivity index (χ2v) is 16.6. The van der Waals surface area contributed by atoms with Gasteiger partial charge in [-0.25, -0.2) is 0 Å². The van der Waals surface area contributed by atoms with Gasteiger partial charge in [0.15, 0.2) is 22.9 Å². The molecule has 0 aromatic heterocycles. The highest BCUT2D eigenvalue weighted by Crippen LogP contribution is 2.29. The first kappa shape index (κ1) is 20.2. The topological polar surface area (TPSA) is 66.4 Å². The lowest BCUT2D eigenvalue weighted by atomic mass is 9.99.